The first kappa shape index (κ1) is 10.6. The van der Waals surface area contributed by atoms with Crippen molar-refractivity contribution in [2.24, 2.45) is 5.73 Å². The molecule has 13 heavy (non-hydrogen) atoms. The molecule has 0 amide bonds. The zero-order valence-electron chi connectivity index (χ0n) is 8.50. The van der Waals surface area contributed by atoms with E-state index in [-0.39, 0.29) is 4.75 Å². The summed E-state index contributed by atoms with van der Waals surface area (Å²) < 4.78 is 0.271. The van der Waals surface area contributed by atoms with Crippen LogP contribution in [-0.4, -0.2) is 4.75 Å². The summed E-state index contributed by atoms with van der Waals surface area (Å²) in [5.41, 5.74) is 6.78. The molecule has 1 aromatic carbocycles. The fraction of sp³-hybridized carbons (Fsp3) is 0.455. The van der Waals surface area contributed by atoms with E-state index in [1.807, 2.05) is 11.8 Å². The van der Waals surface area contributed by atoms with Gasteiger partial charge >= 0.3 is 0 Å². The lowest BCUT2D eigenvalue weighted by Gasteiger charge is -2.17. The van der Waals surface area contributed by atoms with Gasteiger partial charge in [-0.2, -0.15) is 0 Å². The van der Waals surface area contributed by atoms with E-state index >= 15 is 0 Å². The number of hydrogen-bond acceptors (Lipinski definition) is 2. The van der Waals surface area contributed by atoms with Crippen molar-refractivity contribution >= 4 is 11.8 Å². The smallest absolute Gasteiger partial charge is 0.0178 e. The van der Waals surface area contributed by atoms with Crippen LogP contribution < -0.4 is 5.73 Å². The summed E-state index contributed by atoms with van der Waals surface area (Å²) in [5.74, 6) is 0. The Labute approximate surface area is 84.7 Å². The van der Waals surface area contributed by atoms with Crippen LogP contribution in [0.15, 0.2) is 29.2 Å². The van der Waals surface area contributed by atoms with E-state index in [0.29, 0.717) is 6.54 Å². The fourth-order valence-electron chi connectivity index (χ4n) is 1.09. The highest BCUT2D eigenvalue weighted by Gasteiger charge is 2.11. The highest BCUT2D eigenvalue weighted by atomic mass is 32.2. The maximum Gasteiger partial charge on any atom is 0.0178 e. The third kappa shape index (κ3) is 3.83. The summed E-state index contributed by atoms with van der Waals surface area (Å²) in [4.78, 5) is 1.30. The second-order valence-electron chi connectivity index (χ2n) is 4.07. The predicted molar refractivity (Wildman–Crippen MR) is 59.9 cm³/mol. The summed E-state index contributed by atoms with van der Waals surface area (Å²) in [6, 6.07) is 8.42. The highest BCUT2D eigenvalue weighted by Crippen LogP contribution is 2.31. The maximum absolute atomic E-state index is 5.57. The molecule has 0 aliphatic rings. The first-order valence-electron chi connectivity index (χ1n) is 4.49. The maximum atomic E-state index is 5.57. The van der Waals surface area contributed by atoms with E-state index in [2.05, 4.69) is 45.0 Å². The Balaban J connectivity index is 2.78. The Morgan fingerprint density at radius 3 is 2.54 bits per heavy atom. The molecule has 0 saturated carbocycles. The van der Waals surface area contributed by atoms with Gasteiger partial charge in [-0.3, -0.25) is 0 Å². The molecule has 0 atom stereocenters. The molecule has 2 N–H and O–H groups in total. The molecule has 0 aliphatic carbocycles. The van der Waals surface area contributed by atoms with Crippen LogP contribution in [-0.2, 0) is 6.54 Å². The van der Waals surface area contributed by atoms with Gasteiger partial charge in [-0.05, 0) is 17.7 Å². The molecule has 0 heterocycles. The van der Waals surface area contributed by atoms with Gasteiger partial charge in [0.1, 0.15) is 0 Å². The normalized spacial score (nSPS) is 11.7. The van der Waals surface area contributed by atoms with E-state index in [1.165, 1.54) is 10.5 Å². The number of benzene rings is 1. The summed E-state index contributed by atoms with van der Waals surface area (Å²) in [7, 11) is 0. The summed E-state index contributed by atoms with van der Waals surface area (Å²) >= 11 is 1.87. The van der Waals surface area contributed by atoms with E-state index in [9.17, 15) is 0 Å². The van der Waals surface area contributed by atoms with Crippen LogP contribution in [0.3, 0.4) is 0 Å². The zero-order valence-corrected chi connectivity index (χ0v) is 9.32. The summed E-state index contributed by atoms with van der Waals surface area (Å²) in [5, 5.41) is 0. The molecule has 72 valence electrons. The molecular weight excluding hydrogens is 178 g/mol. The van der Waals surface area contributed by atoms with Crippen LogP contribution in [0.1, 0.15) is 26.3 Å². The first-order chi connectivity index (χ1) is 6.01. The van der Waals surface area contributed by atoms with Crippen LogP contribution in [0.2, 0.25) is 0 Å². The second kappa shape index (κ2) is 4.16. The van der Waals surface area contributed by atoms with E-state index in [0.717, 1.165) is 0 Å². The molecule has 0 aliphatic heterocycles. The minimum atomic E-state index is 0.271. The van der Waals surface area contributed by atoms with E-state index in [1.54, 1.807) is 0 Å². The Hall–Kier alpha value is -0.470. The summed E-state index contributed by atoms with van der Waals surface area (Å²) in [6.45, 7) is 7.27. The minimum Gasteiger partial charge on any atom is -0.326 e. The second-order valence-corrected chi connectivity index (χ2v) is 5.97. The molecule has 1 nitrogen and oxygen atoms in total. The quantitative estimate of drug-likeness (QED) is 0.734. The predicted octanol–water partition coefficient (Wildman–Crippen LogP) is 3.04. The lowest BCUT2D eigenvalue weighted by Crippen LogP contribution is -2.06. The minimum absolute atomic E-state index is 0.271. The number of rotatable bonds is 2. The van der Waals surface area contributed by atoms with Crippen molar-refractivity contribution in [2.75, 3.05) is 0 Å². The van der Waals surface area contributed by atoms with Crippen molar-refractivity contribution in [3.8, 4) is 0 Å². The first-order valence-corrected chi connectivity index (χ1v) is 5.31. The van der Waals surface area contributed by atoms with Crippen molar-refractivity contribution in [3.05, 3.63) is 29.8 Å². The van der Waals surface area contributed by atoms with Crippen molar-refractivity contribution in [2.45, 2.75) is 37.0 Å². The van der Waals surface area contributed by atoms with Gasteiger partial charge in [0.25, 0.3) is 0 Å². The van der Waals surface area contributed by atoms with E-state index in [4.69, 9.17) is 5.73 Å². The Kier molecular flexibility index (Phi) is 3.40. The monoisotopic (exact) mass is 195 g/mol. The molecule has 0 aromatic heterocycles. The average molecular weight is 195 g/mol. The Morgan fingerprint density at radius 2 is 2.00 bits per heavy atom. The SMILES string of the molecule is CC(C)(C)Sc1cccc(CN)c1. The standard InChI is InChI=1S/C11H17NS/c1-11(2,3)13-10-6-4-5-9(7-10)8-12/h4-7H,8,12H2,1-3H3. The van der Waals surface area contributed by atoms with Crippen molar-refractivity contribution in [1.29, 1.82) is 0 Å². The molecule has 0 spiro atoms. The Morgan fingerprint density at radius 1 is 1.31 bits per heavy atom. The fourth-order valence-corrected chi connectivity index (χ4v) is 2.15. The number of nitrogens with two attached hydrogens (primary N) is 1. The van der Waals surface area contributed by atoms with Gasteiger partial charge in [0, 0.05) is 16.2 Å². The summed E-state index contributed by atoms with van der Waals surface area (Å²) in [6.07, 6.45) is 0. The van der Waals surface area contributed by atoms with Crippen LogP contribution >= 0.6 is 11.8 Å². The van der Waals surface area contributed by atoms with E-state index < -0.39 is 0 Å². The molecule has 2 heteroatoms. The van der Waals surface area contributed by atoms with Gasteiger partial charge in [0.15, 0.2) is 0 Å². The van der Waals surface area contributed by atoms with Crippen molar-refractivity contribution < 1.29 is 0 Å². The Bertz CT molecular complexity index is 276. The van der Waals surface area contributed by atoms with Gasteiger partial charge in [-0.25, -0.2) is 0 Å². The molecule has 0 fully saturated rings. The molecule has 0 saturated heterocycles. The lowest BCUT2D eigenvalue weighted by molar-refractivity contribution is 0.802. The van der Waals surface area contributed by atoms with Gasteiger partial charge in [-0.1, -0.05) is 32.9 Å². The molecule has 1 aromatic rings. The topological polar surface area (TPSA) is 26.0 Å². The van der Waals surface area contributed by atoms with Gasteiger partial charge in [0.05, 0.1) is 0 Å². The van der Waals surface area contributed by atoms with Crippen molar-refractivity contribution in [1.82, 2.24) is 0 Å². The number of hydrogen-bond donors (Lipinski definition) is 1. The zero-order chi connectivity index (χ0) is 9.90. The van der Waals surface area contributed by atoms with Gasteiger partial charge < -0.3 is 5.73 Å². The molecule has 1 rings (SSSR count). The van der Waals surface area contributed by atoms with Crippen LogP contribution in [0.4, 0.5) is 0 Å². The molecule has 0 unspecified atom stereocenters. The largest absolute Gasteiger partial charge is 0.326 e. The van der Waals surface area contributed by atoms with Crippen molar-refractivity contribution in [3.63, 3.8) is 0 Å². The molecule has 0 radical (unpaired) electrons. The lowest BCUT2D eigenvalue weighted by atomic mass is 10.2. The number of thioether (sulfide) groups is 1. The van der Waals surface area contributed by atoms with Gasteiger partial charge in [-0.15, -0.1) is 11.8 Å². The van der Waals surface area contributed by atoms with Crippen LogP contribution in [0.5, 0.6) is 0 Å². The van der Waals surface area contributed by atoms with Gasteiger partial charge in [0.2, 0.25) is 0 Å². The highest BCUT2D eigenvalue weighted by molar-refractivity contribution is 8.00. The molecule has 0 bridgehead atoms. The van der Waals surface area contributed by atoms with Crippen LogP contribution in [0.25, 0.3) is 0 Å². The average Bonchev–Trinajstić information content (AvgIpc) is 2.01. The van der Waals surface area contributed by atoms with Crippen LogP contribution in [0, 0.1) is 0 Å². The molecular formula is C11H17NS. The third-order valence-electron chi connectivity index (χ3n) is 1.56. The third-order valence-corrected chi connectivity index (χ3v) is 2.66.